The van der Waals surface area contributed by atoms with Gasteiger partial charge in [0.05, 0.1) is 12.5 Å². The van der Waals surface area contributed by atoms with E-state index in [1.165, 1.54) is 35.4 Å². The smallest absolute Gasteiger partial charge is 0.330 e. The molecule has 5 aromatic carbocycles. The first-order valence-corrected chi connectivity index (χ1v) is 13.0. The maximum Gasteiger partial charge on any atom is 0.330 e. The highest BCUT2D eigenvalue weighted by Crippen LogP contribution is 2.45. The molecule has 0 aliphatic heterocycles. The van der Waals surface area contributed by atoms with Crippen molar-refractivity contribution in [2.24, 2.45) is 0 Å². The van der Waals surface area contributed by atoms with Crippen molar-refractivity contribution in [2.45, 2.75) is 5.41 Å². The first-order chi connectivity index (χ1) is 19.2. The summed E-state index contributed by atoms with van der Waals surface area (Å²) in [4.78, 5) is 11.7. The third-order valence-electron chi connectivity index (χ3n) is 7.03. The normalized spacial score (nSPS) is 11.9. The van der Waals surface area contributed by atoms with Crippen molar-refractivity contribution in [1.82, 2.24) is 0 Å². The van der Waals surface area contributed by atoms with Crippen molar-refractivity contribution in [3.63, 3.8) is 0 Å². The fraction of sp³-hybridized carbons (Fsp3) is 0.0541. The van der Waals surface area contributed by atoms with Crippen molar-refractivity contribution in [1.29, 1.82) is 0 Å². The zero-order valence-corrected chi connectivity index (χ0v) is 21.9. The summed E-state index contributed by atoms with van der Waals surface area (Å²) >= 11 is 0. The van der Waals surface area contributed by atoms with Crippen LogP contribution in [-0.4, -0.2) is 13.1 Å². The zero-order chi connectivity index (χ0) is 26.9. The van der Waals surface area contributed by atoms with E-state index in [4.69, 9.17) is 4.74 Å². The largest absolute Gasteiger partial charge is 0.466 e. The van der Waals surface area contributed by atoms with E-state index in [9.17, 15) is 4.79 Å². The third kappa shape index (κ3) is 5.37. The summed E-state index contributed by atoms with van der Waals surface area (Å²) in [5.74, 6) is -0.382. The van der Waals surface area contributed by atoms with Crippen LogP contribution in [0, 0.1) is 0 Å². The lowest BCUT2D eigenvalue weighted by Gasteiger charge is -2.37. The van der Waals surface area contributed by atoms with Gasteiger partial charge in [0.2, 0.25) is 0 Å². The Morgan fingerprint density at radius 1 is 0.538 bits per heavy atom. The molecule has 190 valence electrons. The molecule has 0 bridgehead atoms. The summed E-state index contributed by atoms with van der Waals surface area (Å²) in [7, 11) is 1.38. The molecule has 0 amide bonds. The predicted molar refractivity (Wildman–Crippen MR) is 159 cm³/mol. The number of hydrogen-bond donors (Lipinski definition) is 0. The van der Waals surface area contributed by atoms with Gasteiger partial charge in [-0.05, 0) is 39.0 Å². The van der Waals surface area contributed by atoms with Crippen LogP contribution < -0.4 is 0 Å². The summed E-state index contributed by atoms with van der Waals surface area (Å²) in [5.41, 5.74) is 7.44. The van der Waals surface area contributed by atoms with Gasteiger partial charge in [-0.25, -0.2) is 4.79 Å². The molecule has 0 saturated heterocycles. The standard InChI is InChI=1S/C37H30O2/c1-39-36(38)24-14-23-35(29-15-6-2-7-16-29)30-25-27-34(28-26-30)37(31-17-8-3-9-18-31,32-19-10-4-11-20-32)33-21-12-5-13-22-33/h2-28H,1H3/b24-14+,35-23?. The van der Waals surface area contributed by atoms with Gasteiger partial charge in [-0.3, -0.25) is 0 Å². The molecular weight excluding hydrogens is 476 g/mol. The van der Waals surface area contributed by atoms with E-state index in [1.807, 2.05) is 24.3 Å². The monoisotopic (exact) mass is 506 g/mol. The van der Waals surface area contributed by atoms with E-state index in [-0.39, 0.29) is 5.97 Å². The van der Waals surface area contributed by atoms with Gasteiger partial charge in [-0.1, -0.05) is 158 Å². The second kappa shape index (κ2) is 12.1. The number of hydrogen-bond acceptors (Lipinski definition) is 2. The Balaban J connectivity index is 1.70. The highest BCUT2D eigenvalue weighted by molar-refractivity contribution is 5.85. The van der Waals surface area contributed by atoms with E-state index in [2.05, 4.69) is 127 Å². The molecule has 0 N–H and O–H groups in total. The van der Waals surface area contributed by atoms with Gasteiger partial charge in [0, 0.05) is 6.08 Å². The van der Waals surface area contributed by atoms with Gasteiger partial charge >= 0.3 is 5.97 Å². The van der Waals surface area contributed by atoms with Crippen LogP contribution in [0.15, 0.2) is 164 Å². The SMILES string of the molecule is COC(=O)/C=C/C=C(c1ccccc1)c1ccc(C(c2ccccc2)(c2ccccc2)c2ccccc2)cc1. The molecule has 5 rings (SSSR count). The topological polar surface area (TPSA) is 26.3 Å². The van der Waals surface area contributed by atoms with Gasteiger partial charge in [-0.15, -0.1) is 0 Å². The molecule has 0 saturated carbocycles. The number of methoxy groups -OCH3 is 1. The van der Waals surface area contributed by atoms with Crippen LogP contribution in [0.4, 0.5) is 0 Å². The molecule has 5 aromatic rings. The average molecular weight is 507 g/mol. The van der Waals surface area contributed by atoms with Crippen LogP contribution in [0.2, 0.25) is 0 Å². The van der Waals surface area contributed by atoms with Crippen molar-refractivity contribution in [2.75, 3.05) is 7.11 Å². The molecule has 0 aromatic heterocycles. The molecular formula is C37H30O2. The number of carbonyl (C=O) groups excluding carboxylic acids is 1. The molecule has 0 spiro atoms. The summed E-state index contributed by atoms with van der Waals surface area (Å²) in [6.07, 6.45) is 5.13. The summed E-state index contributed by atoms with van der Waals surface area (Å²) in [5, 5.41) is 0. The Labute approximate surface area is 230 Å². The summed E-state index contributed by atoms with van der Waals surface area (Å²) < 4.78 is 4.77. The Kier molecular flexibility index (Phi) is 7.95. The Morgan fingerprint density at radius 2 is 0.923 bits per heavy atom. The second-order valence-corrected chi connectivity index (χ2v) is 9.25. The van der Waals surface area contributed by atoms with Crippen LogP contribution >= 0.6 is 0 Å². The van der Waals surface area contributed by atoms with E-state index in [0.717, 1.165) is 16.7 Å². The molecule has 0 aliphatic carbocycles. The average Bonchev–Trinajstić information content (AvgIpc) is 3.02. The first kappa shape index (κ1) is 25.7. The molecule has 0 unspecified atom stereocenters. The van der Waals surface area contributed by atoms with Gasteiger partial charge in [0.1, 0.15) is 0 Å². The fourth-order valence-electron chi connectivity index (χ4n) is 5.23. The van der Waals surface area contributed by atoms with Crippen LogP contribution in [0.25, 0.3) is 5.57 Å². The number of ether oxygens (including phenoxy) is 1. The molecule has 0 fully saturated rings. The van der Waals surface area contributed by atoms with Crippen LogP contribution in [0.5, 0.6) is 0 Å². The maximum absolute atomic E-state index is 11.7. The number of rotatable bonds is 8. The van der Waals surface area contributed by atoms with Crippen molar-refractivity contribution >= 4 is 11.5 Å². The van der Waals surface area contributed by atoms with Crippen LogP contribution in [0.1, 0.15) is 33.4 Å². The van der Waals surface area contributed by atoms with Crippen LogP contribution in [0.3, 0.4) is 0 Å². The molecule has 0 radical (unpaired) electrons. The highest BCUT2D eigenvalue weighted by atomic mass is 16.5. The Bertz CT molecular complexity index is 1450. The lowest BCUT2D eigenvalue weighted by Crippen LogP contribution is -2.30. The van der Waals surface area contributed by atoms with Crippen molar-refractivity contribution in [3.8, 4) is 0 Å². The minimum atomic E-state index is -0.496. The fourth-order valence-corrected chi connectivity index (χ4v) is 5.23. The molecule has 0 atom stereocenters. The number of carbonyl (C=O) groups is 1. The lowest BCUT2D eigenvalue weighted by molar-refractivity contribution is -0.134. The zero-order valence-electron chi connectivity index (χ0n) is 21.9. The molecule has 2 heteroatoms. The Hall–Kier alpha value is -4.95. The van der Waals surface area contributed by atoms with Crippen molar-refractivity contribution < 1.29 is 9.53 Å². The van der Waals surface area contributed by atoms with Gasteiger partial charge in [-0.2, -0.15) is 0 Å². The third-order valence-corrected chi connectivity index (χ3v) is 7.03. The predicted octanol–water partition coefficient (Wildman–Crippen LogP) is 8.23. The maximum atomic E-state index is 11.7. The van der Waals surface area contributed by atoms with Crippen molar-refractivity contribution in [3.05, 3.63) is 197 Å². The van der Waals surface area contributed by atoms with Gasteiger partial charge in [0.15, 0.2) is 0 Å². The van der Waals surface area contributed by atoms with Gasteiger partial charge in [0.25, 0.3) is 0 Å². The molecule has 2 nitrogen and oxygen atoms in total. The van der Waals surface area contributed by atoms with Crippen LogP contribution in [-0.2, 0) is 14.9 Å². The number of esters is 1. The lowest BCUT2D eigenvalue weighted by atomic mass is 9.65. The minimum Gasteiger partial charge on any atom is -0.466 e. The Morgan fingerprint density at radius 3 is 1.36 bits per heavy atom. The minimum absolute atomic E-state index is 0.382. The summed E-state index contributed by atoms with van der Waals surface area (Å²) in [6.45, 7) is 0. The summed E-state index contributed by atoms with van der Waals surface area (Å²) in [6, 6.07) is 51.1. The van der Waals surface area contributed by atoms with E-state index in [1.54, 1.807) is 6.08 Å². The second-order valence-electron chi connectivity index (χ2n) is 9.25. The number of allylic oxidation sites excluding steroid dienone is 2. The quantitative estimate of drug-likeness (QED) is 0.0917. The highest BCUT2D eigenvalue weighted by Gasteiger charge is 2.38. The molecule has 39 heavy (non-hydrogen) atoms. The van der Waals surface area contributed by atoms with E-state index in [0.29, 0.717) is 0 Å². The van der Waals surface area contributed by atoms with E-state index < -0.39 is 5.41 Å². The van der Waals surface area contributed by atoms with E-state index >= 15 is 0 Å². The number of benzene rings is 5. The molecule has 0 aliphatic rings. The van der Waals surface area contributed by atoms with Gasteiger partial charge < -0.3 is 4.74 Å². The molecule has 0 heterocycles. The first-order valence-electron chi connectivity index (χ1n) is 13.0.